The first kappa shape index (κ1) is 29.1. The average Bonchev–Trinajstić information content (AvgIpc) is 3.01. The third-order valence-corrected chi connectivity index (χ3v) is 6.71. The van der Waals surface area contributed by atoms with Crippen LogP contribution in [0.3, 0.4) is 0 Å². The normalized spacial score (nSPS) is 13.3. The summed E-state index contributed by atoms with van der Waals surface area (Å²) in [5.41, 5.74) is 4.35. The Morgan fingerprint density at radius 1 is 0.750 bits per heavy atom. The second kappa shape index (κ2) is 15.7. The Morgan fingerprint density at radius 2 is 1.32 bits per heavy atom. The largest absolute Gasteiger partial charge is 0.445 e. The maximum atomic E-state index is 12.9. The lowest BCUT2D eigenvalue weighted by molar-refractivity contribution is -0.114. The molecular weight excluding hydrogens is 525 g/mol. The van der Waals surface area contributed by atoms with E-state index in [9.17, 15) is 14.5 Å². The quantitative estimate of drug-likeness (QED) is 0.126. The van der Waals surface area contributed by atoms with Crippen LogP contribution < -0.4 is 5.32 Å². The van der Waals surface area contributed by atoms with Crippen molar-refractivity contribution < 1.29 is 28.5 Å². The van der Waals surface area contributed by atoms with Crippen LogP contribution in [-0.4, -0.2) is 23.5 Å². The summed E-state index contributed by atoms with van der Waals surface area (Å²) < 4.78 is 28.6. The van der Waals surface area contributed by atoms with Gasteiger partial charge < -0.3 is 19.9 Å². The minimum Gasteiger partial charge on any atom is -0.445 e. The van der Waals surface area contributed by atoms with Crippen molar-refractivity contribution in [1.29, 1.82) is 0 Å². The highest BCUT2D eigenvalue weighted by Gasteiger charge is 2.30. The van der Waals surface area contributed by atoms with Gasteiger partial charge >= 0.3 is 14.8 Å². The summed E-state index contributed by atoms with van der Waals surface area (Å²) in [4.78, 5) is 12.9. The van der Waals surface area contributed by atoms with Crippen LogP contribution in [0.5, 0.6) is 0 Å². The molecule has 206 valence electrons. The van der Waals surface area contributed by atoms with Crippen LogP contribution in [-0.2, 0) is 31.8 Å². The molecule has 0 bridgehead atoms. The zero-order valence-electron chi connectivity index (χ0n) is 22.0. The molecular formula is C32H32NO6P. The van der Waals surface area contributed by atoms with Gasteiger partial charge in [0, 0.05) is 6.42 Å². The Balaban J connectivity index is 1.53. The molecule has 0 fully saturated rings. The molecule has 7 nitrogen and oxygen atoms in total. The van der Waals surface area contributed by atoms with Gasteiger partial charge in [-0.05, 0) is 34.2 Å². The average molecular weight is 558 g/mol. The number of ether oxygens (including phenoxy) is 2. The Morgan fingerprint density at radius 3 is 1.98 bits per heavy atom. The van der Waals surface area contributed by atoms with E-state index in [1.54, 1.807) is 0 Å². The second-order valence-corrected chi connectivity index (χ2v) is 9.55. The predicted molar refractivity (Wildman–Crippen MR) is 153 cm³/mol. The van der Waals surface area contributed by atoms with Gasteiger partial charge in [-0.25, -0.2) is 9.36 Å². The van der Waals surface area contributed by atoms with E-state index in [-0.39, 0.29) is 26.1 Å². The van der Waals surface area contributed by atoms with Crippen LogP contribution in [0, 0.1) is 0 Å². The molecule has 3 unspecified atom stereocenters. The van der Waals surface area contributed by atoms with Crippen molar-refractivity contribution >= 4 is 14.8 Å². The Hall–Kier alpha value is -3.87. The van der Waals surface area contributed by atoms with Crippen LogP contribution in [0.1, 0.15) is 35.6 Å². The molecule has 40 heavy (non-hydrogen) atoms. The summed E-state index contributed by atoms with van der Waals surface area (Å²) in [5.74, 6) is 0. The monoisotopic (exact) mass is 557 g/mol. The highest BCUT2D eigenvalue weighted by atomic mass is 31.1. The topological polar surface area (TPSA) is 94.1 Å². The number of hydrogen-bond acceptors (Lipinski definition) is 6. The van der Waals surface area contributed by atoms with Gasteiger partial charge in [0.1, 0.15) is 12.7 Å². The molecule has 0 aliphatic heterocycles. The molecule has 0 heterocycles. The van der Waals surface area contributed by atoms with E-state index in [0.29, 0.717) is 0 Å². The number of amides is 1. The molecule has 2 N–H and O–H groups in total. The molecule has 8 heteroatoms. The first-order valence-corrected chi connectivity index (χ1v) is 13.8. The molecule has 4 aromatic carbocycles. The van der Waals surface area contributed by atoms with Crippen LogP contribution in [0.4, 0.5) is 4.79 Å². The summed E-state index contributed by atoms with van der Waals surface area (Å²) in [7, 11) is -0.545. The standard InChI is InChI=1S/C32H32NO6P/c34-30(37-22-24-12-4-1-5-13-24)21-20-29(33-32(35)38-23-25-14-6-2-7-15-25)31(39-40-36)28-19-11-10-18-27(28)26-16-8-3-9-17-26/h1-19,29-31,34H,20-23H2,(H,33,35). The van der Waals surface area contributed by atoms with Crippen molar-refractivity contribution in [2.24, 2.45) is 0 Å². The van der Waals surface area contributed by atoms with Crippen molar-refractivity contribution in [1.82, 2.24) is 5.32 Å². The first-order valence-electron chi connectivity index (χ1n) is 13.1. The van der Waals surface area contributed by atoms with Gasteiger partial charge in [-0.1, -0.05) is 115 Å². The SMILES string of the molecule is O=POC(c1ccccc1-c1ccccc1)C(CCC(O)OCc1ccccc1)NC(=O)OCc1ccccc1. The zero-order valence-corrected chi connectivity index (χ0v) is 22.9. The van der Waals surface area contributed by atoms with Crippen molar-refractivity contribution in [3.63, 3.8) is 0 Å². The van der Waals surface area contributed by atoms with Gasteiger partial charge in [-0.2, -0.15) is 0 Å². The number of carbonyl (C=O) groups is 1. The highest BCUT2D eigenvalue weighted by Crippen LogP contribution is 2.35. The predicted octanol–water partition coefficient (Wildman–Crippen LogP) is 7.23. The maximum Gasteiger partial charge on any atom is 0.407 e. The molecule has 0 aromatic heterocycles. The lowest BCUT2D eigenvalue weighted by atomic mass is 9.91. The van der Waals surface area contributed by atoms with E-state index in [2.05, 4.69) is 5.32 Å². The third kappa shape index (κ3) is 8.83. The minimum atomic E-state index is -1.08. The summed E-state index contributed by atoms with van der Waals surface area (Å²) >= 11 is 0. The smallest absolute Gasteiger partial charge is 0.407 e. The number of aliphatic hydroxyl groups is 1. The van der Waals surface area contributed by atoms with Crippen LogP contribution >= 0.6 is 8.69 Å². The molecule has 4 aromatic rings. The van der Waals surface area contributed by atoms with E-state index < -0.39 is 33.2 Å². The highest BCUT2D eigenvalue weighted by molar-refractivity contribution is 7.17. The molecule has 1 amide bonds. The van der Waals surface area contributed by atoms with E-state index in [1.807, 2.05) is 115 Å². The van der Waals surface area contributed by atoms with Gasteiger partial charge in [0.05, 0.1) is 12.6 Å². The van der Waals surface area contributed by atoms with Crippen LogP contribution in [0.2, 0.25) is 0 Å². The fourth-order valence-electron chi connectivity index (χ4n) is 4.41. The lowest BCUT2D eigenvalue weighted by Gasteiger charge is -2.28. The summed E-state index contributed by atoms with van der Waals surface area (Å²) in [6.07, 6.45) is -2.08. The number of rotatable bonds is 14. The summed E-state index contributed by atoms with van der Waals surface area (Å²) in [6.45, 7) is 0.337. The molecule has 4 rings (SSSR count). The van der Waals surface area contributed by atoms with Crippen molar-refractivity contribution in [2.45, 2.75) is 44.5 Å². The Bertz CT molecular complexity index is 1320. The Labute approximate surface area is 236 Å². The lowest BCUT2D eigenvalue weighted by Crippen LogP contribution is -2.40. The number of nitrogens with one attached hydrogen (secondary N) is 1. The third-order valence-electron chi connectivity index (χ3n) is 6.40. The number of aliphatic hydroxyl groups excluding tert-OH is 1. The van der Waals surface area contributed by atoms with Gasteiger partial charge in [-0.3, -0.25) is 4.52 Å². The molecule has 0 saturated carbocycles. The van der Waals surface area contributed by atoms with Gasteiger partial charge in [0.15, 0.2) is 6.29 Å². The van der Waals surface area contributed by atoms with Gasteiger partial charge in [0.2, 0.25) is 0 Å². The minimum absolute atomic E-state index is 0.0914. The number of carbonyl (C=O) groups excluding carboxylic acids is 1. The van der Waals surface area contributed by atoms with Gasteiger partial charge in [-0.15, -0.1) is 0 Å². The van der Waals surface area contributed by atoms with Gasteiger partial charge in [0.25, 0.3) is 0 Å². The second-order valence-electron chi connectivity index (χ2n) is 9.19. The molecule has 0 radical (unpaired) electrons. The number of benzene rings is 4. The number of alkyl carbamates (subject to hydrolysis) is 1. The van der Waals surface area contributed by atoms with Crippen LogP contribution in [0.15, 0.2) is 115 Å². The molecule has 0 aliphatic carbocycles. The first-order chi connectivity index (χ1) is 19.6. The Kier molecular flexibility index (Phi) is 11.4. The number of hydrogen-bond donors (Lipinski definition) is 2. The van der Waals surface area contributed by atoms with Crippen molar-refractivity contribution in [3.05, 3.63) is 132 Å². The van der Waals surface area contributed by atoms with E-state index in [0.717, 1.165) is 27.8 Å². The maximum absolute atomic E-state index is 12.9. The zero-order chi connectivity index (χ0) is 28.0. The molecule has 0 saturated heterocycles. The van der Waals surface area contributed by atoms with Crippen molar-refractivity contribution in [3.8, 4) is 11.1 Å². The summed E-state index contributed by atoms with van der Waals surface area (Å²) in [6, 6.07) is 35.6. The fraction of sp³-hybridized carbons (Fsp3) is 0.219. The molecule has 0 aliphatic rings. The van der Waals surface area contributed by atoms with Crippen molar-refractivity contribution in [2.75, 3.05) is 0 Å². The van der Waals surface area contributed by atoms with E-state index >= 15 is 0 Å². The van der Waals surface area contributed by atoms with E-state index in [1.165, 1.54) is 0 Å². The fourth-order valence-corrected chi connectivity index (χ4v) is 4.76. The molecule has 3 atom stereocenters. The molecule has 0 spiro atoms. The van der Waals surface area contributed by atoms with E-state index in [4.69, 9.17) is 14.0 Å². The van der Waals surface area contributed by atoms with Crippen LogP contribution in [0.25, 0.3) is 11.1 Å². The summed E-state index contributed by atoms with van der Waals surface area (Å²) in [5, 5.41) is 13.5.